The smallest absolute Gasteiger partial charge is 0.328 e. The normalized spacial score (nSPS) is 27.6. The van der Waals surface area contributed by atoms with Crippen LogP contribution in [0.1, 0.15) is 57.8 Å². The van der Waals surface area contributed by atoms with Crippen molar-refractivity contribution in [2.45, 2.75) is 69.9 Å². The lowest BCUT2D eigenvalue weighted by molar-refractivity contribution is -0.132. The van der Waals surface area contributed by atoms with Gasteiger partial charge < -0.3 is 20.8 Å². The number of carbonyl (C=O) groups excluding carboxylic acids is 2. The molecule has 2 rings (SSSR count). The predicted octanol–water partition coefficient (Wildman–Crippen LogP) is 2.01. The molecule has 8 nitrogen and oxygen atoms in total. The van der Waals surface area contributed by atoms with Crippen LogP contribution in [-0.4, -0.2) is 46.0 Å². The number of carboxylic acids is 2. The Labute approximate surface area is 170 Å². The van der Waals surface area contributed by atoms with E-state index in [0.717, 1.165) is 75.7 Å². The van der Waals surface area contributed by atoms with E-state index in [9.17, 15) is 19.2 Å². The summed E-state index contributed by atoms with van der Waals surface area (Å²) in [5, 5.41) is 22.8. The average Bonchev–Trinajstić information content (AvgIpc) is 2.68. The van der Waals surface area contributed by atoms with Gasteiger partial charge in [-0.05, 0) is 69.6 Å². The van der Waals surface area contributed by atoms with Crippen LogP contribution in [0.5, 0.6) is 0 Å². The molecule has 2 aliphatic rings. The molecule has 8 heteroatoms. The number of carbonyl (C=O) groups is 4. The van der Waals surface area contributed by atoms with Gasteiger partial charge in [-0.2, -0.15) is 0 Å². The van der Waals surface area contributed by atoms with Crippen molar-refractivity contribution in [2.24, 2.45) is 11.8 Å². The van der Waals surface area contributed by atoms with Crippen LogP contribution in [0.15, 0.2) is 24.3 Å². The zero-order chi connectivity index (χ0) is 21.2. The molecule has 0 atom stereocenters. The van der Waals surface area contributed by atoms with Gasteiger partial charge in [0.15, 0.2) is 0 Å². The molecule has 0 aromatic carbocycles. The molecular formula is C21H30N2O6. The second-order valence-corrected chi connectivity index (χ2v) is 8.03. The fourth-order valence-corrected chi connectivity index (χ4v) is 4.35. The van der Waals surface area contributed by atoms with Crippen molar-refractivity contribution in [1.82, 2.24) is 10.6 Å². The second kappa shape index (κ2) is 11.4. The summed E-state index contributed by atoms with van der Waals surface area (Å²) in [4.78, 5) is 44.2. The molecule has 0 saturated heterocycles. The molecular weight excluding hydrogens is 376 g/mol. The van der Waals surface area contributed by atoms with Crippen LogP contribution in [0.4, 0.5) is 0 Å². The third-order valence-corrected chi connectivity index (χ3v) is 5.81. The minimum atomic E-state index is -1.13. The Morgan fingerprint density at radius 1 is 0.621 bits per heavy atom. The van der Waals surface area contributed by atoms with E-state index in [-0.39, 0.29) is 23.9 Å². The third kappa shape index (κ3) is 8.93. The summed E-state index contributed by atoms with van der Waals surface area (Å²) < 4.78 is 0. The van der Waals surface area contributed by atoms with E-state index in [2.05, 4.69) is 10.6 Å². The summed E-state index contributed by atoms with van der Waals surface area (Å²) in [6, 6.07) is 0.226. The quantitative estimate of drug-likeness (QED) is 0.456. The number of carboxylic acid groups (broad SMARTS) is 2. The molecule has 0 bridgehead atoms. The molecule has 29 heavy (non-hydrogen) atoms. The van der Waals surface area contributed by atoms with Crippen LogP contribution in [0.2, 0.25) is 0 Å². The summed E-state index contributed by atoms with van der Waals surface area (Å²) >= 11 is 0. The minimum Gasteiger partial charge on any atom is -0.478 e. The summed E-state index contributed by atoms with van der Waals surface area (Å²) in [7, 11) is 0. The fourth-order valence-electron chi connectivity index (χ4n) is 4.35. The number of aliphatic carboxylic acids is 2. The zero-order valence-corrected chi connectivity index (χ0v) is 16.5. The van der Waals surface area contributed by atoms with Gasteiger partial charge in [0.25, 0.3) is 0 Å². The number of hydrogen-bond donors (Lipinski definition) is 4. The van der Waals surface area contributed by atoms with Crippen LogP contribution in [0.3, 0.4) is 0 Å². The fraction of sp³-hybridized carbons (Fsp3) is 0.619. The lowest BCUT2D eigenvalue weighted by atomic mass is 9.75. The van der Waals surface area contributed by atoms with Crippen molar-refractivity contribution in [3.63, 3.8) is 0 Å². The maximum atomic E-state index is 11.7. The van der Waals surface area contributed by atoms with E-state index in [1.165, 1.54) is 6.42 Å². The first-order chi connectivity index (χ1) is 13.8. The zero-order valence-electron chi connectivity index (χ0n) is 16.5. The molecule has 0 aliphatic heterocycles. The Bertz CT molecular complexity index is 600. The molecule has 0 spiro atoms. The monoisotopic (exact) mass is 406 g/mol. The molecule has 4 N–H and O–H groups in total. The molecule has 160 valence electrons. The molecule has 0 aromatic rings. The van der Waals surface area contributed by atoms with Crippen LogP contribution < -0.4 is 10.6 Å². The highest BCUT2D eigenvalue weighted by atomic mass is 16.4. The van der Waals surface area contributed by atoms with Crippen molar-refractivity contribution in [3.8, 4) is 0 Å². The maximum absolute atomic E-state index is 11.7. The maximum Gasteiger partial charge on any atom is 0.328 e. The Kier molecular flexibility index (Phi) is 8.89. The van der Waals surface area contributed by atoms with Crippen molar-refractivity contribution < 1.29 is 29.4 Å². The van der Waals surface area contributed by atoms with Gasteiger partial charge in [-0.15, -0.1) is 0 Å². The summed E-state index contributed by atoms with van der Waals surface area (Å²) in [5.74, 6) is -1.67. The predicted molar refractivity (Wildman–Crippen MR) is 106 cm³/mol. The molecule has 2 saturated carbocycles. The third-order valence-electron chi connectivity index (χ3n) is 5.81. The van der Waals surface area contributed by atoms with Crippen molar-refractivity contribution in [1.29, 1.82) is 0 Å². The highest BCUT2D eigenvalue weighted by Gasteiger charge is 2.27. The van der Waals surface area contributed by atoms with Gasteiger partial charge in [0.1, 0.15) is 0 Å². The van der Waals surface area contributed by atoms with Crippen LogP contribution in [0, 0.1) is 11.8 Å². The molecule has 0 radical (unpaired) electrons. The van der Waals surface area contributed by atoms with Crippen molar-refractivity contribution >= 4 is 23.8 Å². The molecule has 0 aromatic heterocycles. The average molecular weight is 406 g/mol. The Balaban J connectivity index is 1.63. The minimum absolute atomic E-state index is 0.113. The molecule has 0 unspecified atom stereocenters. The first-order valence-corrected chi connectivity index (χ1v) is 10.2. The largest absolute Gasteiger partial charge is 0.478 e. The van der Waals surface area contributed by atoms with E-state index in [4.69, 9.17) is 10.2 Å². The van der Waals surface area contributed by atoms with Gasteiger partial charge >= 0.3 is 11.9 Å². The summed E-state index contributed by atoms with van der Waals surface area (Å²) in [6.45, 7) is 0. The Morgan fingerprint density at radius 3 is 1.28 bits per heavy atom. The highest BCUT2D eigenvalue weighted by molar-refractivity contribution is 5.94. The van der Waals surface area contributed by atoms with Gasteiger partial charge in [0, 0.05) is 36.4 Å². The van der Waals surface area contributed by atoms with Crippen LogP contribution >= 0.6 is 0 Å². The number of amides is 2. The van der Waals surface area contributed by atoms with Gasteiger partial charge in [-0.1, -0.05) is 0 Å². The summed E-state index contributed by atoms with van der Waals surface area (Å²) in [6.07, 6.45) is 12.9. The molecule has 0 heterocycles. The topological polar surface area (TPSA) is 133 Å². The Hall–Kier alpha value is -2.64. The van der Waals surface area contributed by atoms with Gasteiger partial charge in [0.2, 0.25) is 11.8 Å². The second-order valence-electron chi connectivity index (χ2n) is 8.03. The summed E-state index contributed by atoms with van der Waals surface area (Å²) in [5.41, 5.74) is 0. The number of nitrogens with one attached hydrogen (secondary N) is 2. The van der Waals surface area contributed by atoms with E-state index >= 15 is 0 Å². The van der Waals surface area contributed by atoms with Crippen molar-refractivity contribution in [3.05, 3.63) is 24.3 Å². The number of rotatable bonds is 8. The molecule has 2 aliphatic carbocycles. The van der Waals surface area contributed by atoms with Crippen molar-refractivity contribution in [2.75, 3.05) is 0 Å². The first kappa shape index (κ1) is 22.6. The van der Waals surface area contributed by atoms with Gasteiger partial charge in [0.05, 0.1) is 0 Å². The highest BCUT2D eigenvalue weighted by Crippen LogP contribution is 2.35. The van der Waals surface area contributed by atoms with Gasteiger partial charge in [-0.25, -0.2) is 9.59 Å². The lowest BCUT2D eigenvalue weighted by Crippen LogP contribution is -2.38. The van der Waals surface area contributed by atoms with E-state index in [1.54, 1.807) is 0 Å². The van der Waals surface area contributed by atoms with Crippen LogP contribution in [0.25, 0.3) is 0 Å². The van der Waals surface area contributed by atoms with E-state index < -0.39 is 11.9 Å². The SMILES string of the molecule is O=C(O)C=CC(=O)NC1CCC(CC2CCC(NC(=O)C=CC(=O)O)CC2)CC1. The standard InChI is InChI=1S/C21H30N2O6/c24-18(9-11-20(26)27)22-16-5-1-14(2-6-16)13-15-3-7-17(8-4-15)23-19(25)10-12-21(28)29/h9-12,14-17H,1-8,13H2,(H,22,24)(H,23,25)(H,26,27)(H,28,29). The lowest BCUT2D eigenvalue weighted by Gasteiger charge is -2.34. The number of hydrogen-bond acceptors (Lipinski definition) is 4. The molecule has 2 amide bonds. The Morgan fingerprint density at radius 2 is 0.966 bits per heavy atom. The van der Waals surface area contributed by atoms with E-state index in [1.807, 2.05) is 0 Å². The molecule has 2 fully saturated rings. The van der Waals surface area contributed by atoms with Crippen LogP contribution in [-0.2, 0) is 19.2 Å². The first-order valence-electron chi connectivity index (χ1n) is 10.2. The van der Waals surface area contributed by atoms with E-state index in [0.29, 0.717) is 11.8 Å². The van der Waals surface area contributed by atoms with Gasteiger partial charge in [-0.3, -0.25) is 9.59 Å².